The van der Waals surface area contributed by atoms with E-state index in [9.17, 15) is 0 Å². The van der Waals surface area contributed by atoms with E-state index >= 15 is 0 Å². The van der Waals surface area contributed by atoms with E-state index in [0.717, 1.165) is 24.9 Å². The van der Waals surface area contributed by atoms with Crippen molar-refractivity contribution in [3.63, 3.8) is 0 Å². The Morgan fingerprint density at radius 1 is 1.46 bits per heavy atom. The molecular formula is C11H23NO. The average molecular weight is 185 g/mol. The summed E-state index contributed by atoms with van der Waals surface area (Å²) in [5.41, 5.74) is 0. The lowest BCUT2D eigenvalue weighted by molar-refractivity contribution is 0.219. The second-order valence-corrected chi connectivity index (χ2v) is 4.66. The van der Waals surface area contributed by atoms with Gasteiger partial charge in [-0.15, -0.1) is 0 Å². The molecule has 78 valence electrons. The number of aliphatic hydroxyl groups excluding tert-OH is 1. The Balaban J connectivity index is 1.84. The van der Waals surface area contributed by atoms with Crippen LogP contribution in [0, 0.1) is 11.8 Å². The predicted octanol–water partition coefficient (Wildman–Crippen LogP) is 1.78. The molecule has 0 spiro atoms. The maximum absolute atomic E-state index is 8.81. The van der Waals surface area contributed by atoms with Crippen LogP contribution in [0.1, 0.15) is 39.5 Å². The van der Waals surface area contributed by atoms with Crippen LogP contribution in [0.25, 0.3) is 0 Å². The summed E-state index contributed by atoms with van der Waals surface area (Å²) < 4.78 is 0. The van der Waals surface area contributed by atoms with Gasteiger partial charge in [-0.25, -0.2) is 0 Å². The zero-order valence-corrected chi connectivity index (χ0v) is 8.92. The van der Waals surface area contributed by atoms with E-state index in [1.165, 1.54) is 19.3 Å². The number of rotatable bonds is 6. The fourth-order valence-corrected chi connectivity index (χ4v) is 1.92. The lowest BCUT2D eigenvalue weighted by atomic mass is 9.82. The molecule has 1 rings (SSSR count). The molecule has 0 aromatic carbocycles. The minimum Gasteiger partial charge on any atom is -0.396 e. The molecular weight excluding hydrogens is 162 g/mol. The normalized spacial score (nSPS) is 29.8. The molecule has 1 aliphatic carbocycles. The summed E-state index contributed by atoms with van der Waals surface area (Å²) in [6.07, 6.45) is 5.06. The average Bonchev–Trinajstić information content (AvgIpc) is 2.08. The van der Waals surface area contributed by atoms with Crippen LogP contribution in [-0.2, 0) is 0 Å². The van der Waals surface area contributed by atoms with Crippen LogP contribution < -0.4 is 5.32 Å². The first-order valence-corrected chi connectivity index (χ1v) is 5.56. The standard InChI is InChI=1S/C11H23NO/c1-9(8-13)4-3-5-12-11-6-10(2)7-11/h9-13H,3-8H2,1-2H3. The van der Waals surface area contributed by atoms with Crippen LogP contribution >= 0.6 is 0 Å². The molecule has 1 aliphatic rings. The Labute approximate surface area is 81.7 Å². The van der Waals surface area contributed by atoms with Crippen molar-refractivity contribution >= 4 is 0 Å². The van der Waals surface area contributed by atoms with Crippen LogP contribution in [0.5, 0.6) is 0 Å². The zero-order valence-electron chi connectivity index (χ0n) is 8.92. The van der Waals surface area contributed by atoms with E-state index in [4.69, 9.17) is 5.11 Å². The predicted molar refractivity (Wildman–Crippen MR) is 55.7 cm³/mol. The molecule has 0 bridgehead atoms. The van der Waals surface area contributed by atoms with Crippen LogP contribution in [-0.4, -0.2) is 24.3 Å². The van der Waals surface area contributed by atoms with Gasteiger partial charge in [-0.05, 0) is 44.1 Å². The van der Waals surface area contributed by atoms with Gasteiger partial charge >= 0.3 is 0 Å². The van der Waals surface area contributed by atoms with Gasteiger partial charge < -0.3 is 10.4 Å². The highest BCUT2D eigenvalue weighted by molar-refractivity contribution is 4.81. The van der Waals surface area contributed by atoms with Crippen molar-refractivity contribution in [2.24, 2.45) is 11.8 Å². The first-order chi connectivity index (χ1) is 6.22. The third kappa shape index (κ3) is 4.10. The Hall–Kier alpha value is -0.0800. The van der Waals surface area contributed by atoms with E-state index in [0.29, 0.717) is 12.5 Å². The molecule has 0 aliphatic heterocycles. The molecule has 1 saturated carbocycles. The number of aliphatic hydroxyl groups is 1. The maximum Gasteiger partial charge on any atom is 0.0456 e. The molecule has 0 radical (unpaired) electrons. The Bertz CT molecular complexity index is 132. The zero-order chi connectivity index (χ0) is 9.68. The summed E-state index contributed by atoms with van der Waals surface area (Å²) in [5, 5.41) is 12.4. The van der Waals surface area contributed by atoms with Gasteiger partial charge in [0.25, 0.3) is 0 Å². The summed E-state index contributed by atoms with van der Waals surface area (Å²) in [4.78, 5) is 0. The molecule has 13 heavy (non-hydrogen) atoms. The summed E-state index contributed by atoms with van der Waals surface area (Å²) in [5.74, 6) is 1.41. The van der Waals surface area contributed by atoms with Crippen molar-refractivity contribution in [3.8, 4) is 0 Å². The highest BCUT2D eigenvalue weighted by atomic mass is 16.3. The highest BCUT2D eigenvalue weighted by Gasteiger charge is 2.23. The minimum absolute atomic E-state index is 0.334. The van der Waals surface area contributed by atoms with Crippen molar-refractivity contribution in [2.45, 2.75) is 45.6 Å². The molecule has 0 heterocycles. The molecule has 2 heteroatoms. The van der Waals surface area contributed by atoms with Gasteiger partial charge in [0, 0.05) is 12.6 Å². The molecule has 1 atom stereocenters. The van der Waals surface area contributed by atoms with Crippen LogP contribution in [0.4, 0.5) is 0 Å². The molecule has 2 N–H and O–H groups in total. The highest BCUT2D eigenvalue weighted by Crippen LogP contribution is 2.26. The minimum atomic E-state index is 0.334. The first kappa shape index (κ1) is 11.0. The van der Waals surface area contributed by atoms with Gasteiger partial charge in [0.1, 0.15) is 0 Å². The SMILES string of the molecule is CC(CO)CCCNC1CC(C)C1. The van der Waals surface area contributed by atoms with Gasteiger partial charge in [-0.2, -0.15) is 0 Å². The van der Waals surface area contributed by atoms with Gasteiger partial charge in [0.05, 0.1) is 0 Å². The van der Waals surface area contributed by atoms with Crippen LogP contribution in [0.15, 0.2) is 0 Å². The van der Waals surface area contributed by atoms with Crippen molar-refractivity contribution in [1.82, 2.24) is 5.32 Å². The molecule has 0 aromatic heterocycles. The maximum atomic E-state index is 8.81. The van der Waals surface area contributed by atoms with E-state index in [1.807, 2.05) is 0 Å². The molecule has 2 nitrogen and oxygen atoms in total. The molecule has 0 aromatic rings. The smallest absolute Gasteiger partial charge is 0.0456 e. The molecule has 1 unspecified atom stereocenters. The van der Waals surface area contributed by atoms with Crippen molar-refractivity contribution in [2.75, 3.05) is 13.2 Å². The third-order valence-corrected chi connectivity index (χ3v) is 2.99. The van der Waals surface area contributed by atoms with E-state index in [1.54, 1.807) is 0 Å². The molecule has 0 saturated heterocycles. The Morgan fingerprint density at radius 2 is 2.15 bits per heavy atom. The third-order valence-electron chi connectivity index (χ3n) is 2.99. The molecule has 1 fully saturated rings. The fraction of sp³-hybridized carbons (Fsp3) is 1.00. The van der Waals surface area contributed by atoms with Crippen molar-refractivity contribution in [1.29, 1.82) is 0 Å². The quantitative estimate of drug-likeness (QED) is 0.618. The largest absolute Gasteiger partial charge is 0.396 e. The van der Waals surface area contributed by atoms with Gasteiger partial charge in [-0.3, -0.25) is 0 Å². The summed E-state index contributed by atoms with van der Waals surface area (Å²) in [6, 6.07) is 0.791. The second-order valence-electron chi connectivity index (χ2n) is 4.66. The van der Waals surface area contributed by atoms with Crippen molar-refractivity contribution < 1.29 is 5.11 Å². The lowest BCUT2D eigenvalue weighted by Crippen LogP contribution is -2.40. The van der Waals surface area contributed by atoms with Crippen LogP contribution in [0.3, 0.4) is 0 Å². The monoisotopic (exact) mass is 185 g/mol. The summed E-state index contributed by atoms with van der Waals surface area (Å²) in [6.45, 7) is 5.87. The van der Waals surface area contributed by atoms with Crippen molar-refractivity contribution in [3.05, 3.63) is 0 Å². The van der Waals surface area contributed by atoms with E-state index < -0.39 is 0 Å². The van der Waals surface area contributed by atoms with Crippen LogP contribution in [0.2, 0.25) is 0 Å². The number of hydrogen-bond donors (Lipinski definition) is 2. The van der Waals surface area contributed by atoms with Gasteiger partial charge in [0.2, 0.25) is 0 Å². The number of hydrogen-bond acceptors (Lipinski definition) is 2. The fourth-order valence-electron chi connectivity index (χ4n) is 1.92. The molecule has 0 amide bonds. The van der Waals surface area contributed by atoms with Gasteiger partial charge in [0.15, 0.2) is 0 Å². The summed E-state index contributed by atoms with van der Waals surface area (Å²) >= 11 is 0. The number of nitrogens with one attached hydrogen (secondary N) is 1. The van der Waals surface area contributed by atoms with E-state index in [-0.39, 0.29) is 0 Å². The van der Waals surface area contributed by atoms with Gasteiger partial charge in [-0.1, -0.05) is 13.8 Å². The second kappa shape index (κ2) is 5.61. The topological polar surface area (TPSA) is 32.3 Å². The first-order valence-electron chi connectivity index (χ1n) is 5.56. The summed E-state index contributed by atoms with van der Waals surface area (Å²) in [7, 11) is 0. The van der Waals surface area contributed by atoms with E-state index in [2.05, 4.69) is 19.2 Å². The Morgan fingerprint density at radius 3 is 2.69 bits per heavy atom. The lowest BCUT2D eigenvalue weighted by Gasteiger charge is -2.33. The Kier molecular flexibility index (Phi) is 4.74.